The summed E-state index contributed by atoms with van der Waals surface area (Å²) >= 11 is 0. The Kier molecular flexibility index (Phi) is 4.71. The predicted molar refractivity (Wildman–Crippen MR) is 105 cm³/mol. The van der Waals surface area contributed by atoms with E-state index in [9.17, 15) is 0 Å². The molecule has 0 spiro atoms. The minimum absolute atomic E-state index is 0. The summed E-state index contributed by atoms with van der Waals surface area (Å²) in [4.78, 5) is 4.70. The second-order valence-electron chi connectivity index (χ2n) is 8.49. The number of aromatic nitrogens is 1. The van der Waals surface area contributed by atoms with Crippen LogP contribution in [0, 0.1) is 6.07 Å². The molecule has 0 saturated heterocycles. The van der Waals surface area contributed by atoms with Crippen LogP contribution >= 0.6 is 0 Å². The Morgan fingerprint density at radius 2 is 1.69 bits per heavy atom. The van der Waals surface area contributed by atoms with E-state index in [0.717, 1.165) is 11.3 Å². The minimum Gasteiger partial charge on any atom is -0.305 e. The summed E-state index contributed by atoms with van der Waals surface area (Å²) in [5.41, 5.74) is 8.90. The number of fused-ring (bicyclic) bond motifs is 3. The van der Waals surface area contributed by atoms with Crippen LogP contribution in [0.2, 0.25) is 0 Å². The molecule has 3 aromatic rings. The van der Waals surface area contributed by atoms with E-state index >= 15 is 0 Å². The van der Waals surface area contributed by atoms with Gasteiger partial charge in [-0.1, -0.05) is 70.5 Å². The molecule has 2 heteroatoms. The Morgan fingerprint density at radius 1 is 0.962 bits per heavy atom. The van der Waals surface area contributed by atoms with Crippen molar-refractivity contribution < 1.29 is 20.1 Å². The van der Waals surface area contributed by atoms with Gasteiger partial charge in [0, 0.05) is 26.3 Å². The fraction of sp³-hybridized carbons (Fsp3) is 0.292. The van der Waals surface area contributed by atoms with Gasteiger partial charge in [0.05, 0.1) is 0 Å². The monoisotopic (exact) mass is 519 g/mol. The number of benzene rings is 2. The Balaban J connectivity index is 0.00000196. The summed E-state index contributed by atoms with van der Waals surface area (Å²) in [6, 6.07) is 20.8. The molecule has 4 rings (SSSR count). The number of nitrogens with zero attached hydrogens (tertiary/aromatic N) is 1. The molecule has 0 atom stereocenters. The molecule has 1 aromatic heterocycles. The third-order valence-electron chi connectivity index (χ3n) is 5.39. The number of rotatable bonds is 1. The van der Waals surface area contributed by atoms with E-state index in [0.29, 0.717) is 0 Å². The Bertz CT molecular complexity index is 964. The number of pyridine rings is 1. The summed E-state index contributed by atoms with van der Waals surface area (Å²) in [6.45, 7) is 11.3. The average molecular weight is 519 g/mol. The van der Waals surface area contributed by atoms with Gasteiger partial charge in [0.2, 0.25) is 0 Å². The molecule has 0 fully saturated rings. The fourth-order valence-electron chi connectivity index (χ4n) is 4.01. The van der Waals surface area contributed by atoms with Crippen molar-refractivity contribution in [3.05, 3.63) is 77.5 Å². The number of hydrogen-bond acceptors (Lipinski definition) is 1. The van der Waals surface area contributed by atoms with E-state index < -0.39 is 0 Å². The van der Waals surface area contributed by atoms with Crippen LogP contribution in [-0.2, 0) is 30.9 Å². The Hall–Kier alpha value is -1.76. The largest absolute Gasteiger partial charge is 0.305 e. The van der Waals surface area contributed by atoms with Gasteiger partial charge in [0.15, 0.2) is 0 Å². The maximum atomic E-state index is 4.70. The molecule has 1 heterocycles. The van der Waals surface area contributed by atoms with Crippen molar-refractivity contribution >= 4 is 0 Å². The van der Waals surface area contributed by atoms with Crippen molar-refractivity contribution in [2.75, 3.05) is 0 Å². The molecular formula is C24H24IrN-. The minimum atomic E-state index is -0.0432. The summed E-state index contributed by atoms with van der Waals surface area (Å²) < 4.78 is 0. The quantitative estimate of drug-likeness (QED) is 0.352. The normalized spacial score (nSPS) is 14.3. The second-order valence-corrected chi connectivity index (χ2v) is 8.49. The van der Waals surface area contributed by atoms with Gasteiger partial charge in [-0.3, -0.25) is 0 Å². The van der Waals surface area contributed by atoms with Crippen molar-refractivity contribution in [2.45, 2.75) is 45.4 Å². The van der Waals surface area contributed by atoms with Crippen LogP contribution in [0.1, 0.15) is 51.3 Å². The predicted octanol–water partition coefficient (Wildman–Crippen LogP) is 6.15. The van der Waals surface area contributed by atoms with Crippen molar-refractivity contribution in [2.24, 2.45) is 0 Å². The third-order valence-corrected chi connectivity index (χ3v) is 5.39. The Morgan fingerprint density at radius 3 is 2.42 bits per heavy atom. The van der Waals surface area contributed by atoms with E-state index in [4.69, 9.17) is 4.98 Å². The molecule has 1 aliphatic carbocycles. The molecule has 0 aliphatic heterocycles. The van der Waals surface area contributed by atoms with Gasteiger partial charge >= 0.3 is 0 Å². The van der Waals surface area contributed by atoms with Crippen LogP contribution in [0.15, 0.2) is 54.7 Å². The summed E-state index contributed by atoms with van der Waals surface area (Å²) in [6.07, 6.45) is 1.93. The van der Waals surface area contributed by atoms with Crippen LogP contribution in [0.4, 0.5) is 0 Å². The summed E-state index contributed by atoms with van der Waals surface area (Å²) in [5.74, 6) is 0. The van der Waals surface area contributed by atoms with Gasteiger partial charge < -0.3 is 4.98 Å². The van der Waals surface area contributed by atoms with Crippen molar-refractivity contribution in [3.63, 3.8) is 0 Å². The van der Waals surface area contributed by atoms with E-state index in [1.54, 1.807) is 0 Å². The van der Waals surface area contributed by atoms with Crippen molar-refractivity contribution in [1.82, 2.24) is 4.98 Å². The van der Waals surface area contributed by atoms with Gasteiger partial charge in [0.25, 0.3) is 0 Å². The molecule has 0 bridgehead atoms. The maximum absolute atomic E-state index is 4.70. The molecule has 0 amide bonds. The van der Waals surface area contributed by atoms with E-state index in [2.05, 4.69) is 83.1 Å². The molecule has 0 saturated carbocycles. The van der Waals surface area contributed by atoms with Gasteiger partial charge in [-0.2, -0.15) is 0 Å². The van der Waals surface area contributed by atoms with Crippen LogP contribution in [0.3, 0.4) is 0 Å². The molecule has 26 heavy (non-hydrogen) atoms. The van der Waals surface area contributed by atoms with E-state index in [1.807, 2.05) is 12.3 Å². The molecule has 135 valence electrons. The van der Waals surface area contributed by atoms with Crippen LogP contribution in [0.25, 0.3) is 22.4 Å². The molecule has 1 aliphatic rings. The van der Waals surface area contributed by atoms with E-state index in [-0.39, 0.29) is 30.9 Å². The molecule has 0 N–H and O–H groups in total. The maximum Gasteiger partial charge on any atom is 0.0163 e. The van der Waals surface area contributed by atoms with E-state index in [1.165, 1.54) is 27.8 Å². The molecular weight excluding hydrogens is 494 g/mol. The van der Waals surface area contributed by atoms with Crippen molar-refractivity contribution in [1.29, 1.82) is 0 Å². The van der Waals surface area contributed by atoms with Crippen LogP contribution in [0.5, 0.6) is 0 Å². The van der Waals surface area contributed by atoms with Crippen LogP contribution < -0.4 is 0 Å². The SMILES string of the molecule is CC(C)(C)c1ccnc(-c2[c-]ccc3c2C(C)(C)c2ccccc2-3)c1.[Ir]. The zero-order chi connectivity index (χ0) is 17.8. The summed E-state index contributed by atoms with van der Waals surface area (Å²) in [7, 11) is 0. The molecule has 2 aromatic carbocycles. The van der Waals surface area contributed by atoms with Gasteiger partial charge in [-0.05, 0) is 39.3 Å². The smallest absolute Gasteiger partial charge is 0.0163 e. The second kappa shape index (κ2) is 6.44. The zero-order valence-electron chi connectivity index (χ0n) is 16.0. The molecule has 0 unspecified atom stereocenters. The van der Waals surface area contributed by atoms with Gasteiger partial charge in [-0.25, -0.2) is 0 Å². The third kappa shape index (κ3) is 2.86. The summed E-state index contributed by atoms with van der Waals surface area (Å²) in [5, 5.41) is 0. The average Bonchev–Trinajstić information content (AvgIpc) is 2.83. The first kappa shape index (κ1) is 19.0. The molecule has 1 radical (unpaired) electrons. The number of hydrogen-bond donors (Lipinski definition) is 0. The zero-order valence-corrected chi connectivity index (χ0v) is 18.4. The van der Waals surface area contributed by atoms with Crippen LogP contribution in [-0.4, -0.2) is 4.98 Å². The van der Waals surface area contributed by atoms with Crippen molar-refractivity contribution in [3.8, 4) is 22.4 Å². The van der Waals surface area contributed by atoms with Gasteiger partial charge in [0.1, 0.15) is 0 Å². The first-order chi connectivity index (χ1) is 11.8. The standard InChI is InChI=1S/C24H24N.Ir/c1-23(2,3)16-13-14-25-21(15-16)19-11-8-10-18-17-9-6-7-12-20(17)24(4,5)22(18)19;/h6-10,12-15H,1-5H3;/q-1;. The first-order valence-corrected chi connectivity index (χ1v) is 8.92. The van der Waals surface area contributed by atoms with Gasteiger partial charge in [-0.15, -0.1) is 29.3 Å². The topological polar surface area (TPSA) is 12.9 Å². The Labute approximate surface area is 170 Å². The molecule has 1 nitrogen and oxygen atoms in total. The fourth-order valence-corrected chi connectivity index (χ4v) is 4.01. The first-order valence-electron chi connectivity index (χ1n) is 8.92.